The number of phenolic OH excluding ortho intramolecular Hbond substituents is 2. The van der Waals surface area contributed by atoms with E-state index in [-0.39, 0.29) is 17.5 Å². The van der Waals surface area contributed by atoms with Crippen LogP contribution >= 0.6 is 0 Å². The van der Waals surface area contributed by atoms with E-state index in [4.69, 9.17) is 18.9 Å². The Balaban J connectivity index is 0.00000204. The fraction of sp³-hybridized carbons (Fsp3) is 0.228. The minimum Gasteiger partial charge on any atom is -0.505 e. The van der Waals surface area contributed by atoms with Gasteiger partial charge in [-0.05, 0) is 143 Å². The van der Waals surface area contributed by atoms with Gasteiger partial charge in [0.15, 0.2) is 0 Å². The zero-order valence-electron chi connectivity index (χ0n) is 38.6. The third kappa shape index (κ3) is 10.1. The summed E-state index contributed by atoms with van der Waals surface area (Å²) in [4.78, 5) is 2.23. The highest BCUT2D eigenvalue weighted by Gasteiger charge is 2.25. The number of fused-ring (bicyclic) bond motifs is 2. The van der Waals surface area contributed by atoms with Crippen LogP contribution in [-0.4, -0.2) is 48.3 Å². The molecule has 1 unspecified atom stereocenters. The maximum Gasteiger partial charge on any atom is 0.147 e. The van der Waals surface area contributed by atoms with Gasteiger partial charge in [-0.2, -0.15) is 0 Å². The normalized spacial score (nSPS) is 14.4. The molecule has 0 amide bonds. The summed E-state index contributed by atoms with van der Waals surface area (Å²) in [5.41, 5.74) is 10.5. The van der Waals surface area contributed by atoms with E-state index in [1.807, 2.05) is 97.3 Å². The summed E-state index contributed by atoms with van der Waals surface area (Å²) in [7, 11) is 3.27. The predicted octanol–water partition coefficient (Wildman–Crippen LogP) is 13.9. The number of aromatic nitrogens is 1. The van der Waals surface area contributed by atoms with Crippen LogP contribution in [0.3, 0.4) is 0 Å². The molecule has 1 aliphatic rings. The molecule has 2 heterocycles. The number of benzene rings is 6. The number of phenols is 2. The van der Waals surface area contributed by atoms with Gasteiger partial charge in [0, 0.05) is 52.0 Å². The maximum absolute atomic E-state index is 12.3. The number of ether oxygens (including phenoxy) is 4. The number of anilines is 2. The van der Waals surface area contributed by atoms with Crippen molar-refractivity contribution in [2.24, 2.45) is 0 Å². The van der Waals surface area contributed by atoms with Gasteiger partial charge in [-0.1, -0.05) is 66.8 Å². The predicted molar refractivity (Wildman–Crippen MR) is 267 cm³/mol. The molecule has 0 saturated carbocycles. The molecule has 0 aliphatic carbocycles. The second kappa shape index (κ2) is 20.9. The molecule has 65 heavy (non-hydrogen) atoms. The van der Waals surface area contributed by atoms with Crippen LogP contribution in [0.1, 0.15) is 48.9 Å². The van der Waals surface area contributed by atoms with Crippen molar-refractivity contribution in [3.63, 3.8) is 0 Å². The van der Waals surface area contributed by atoms with Gasteiger partial charge >= 0.3 is 0 Å². The number of rotatable bonds is 12. The van der Waals surface area contributed by atoms with Crippen LogP contribution in [0, 0.1) is 20.8 Å². The number of hydrogen-bond donors (Lipinski definition) is 2. The fourth-order valence-corrected chi connectivity index (χ4v) is 8.45. The van der Waals surface area contributed by atoms with E-state index in [2.05, 4.69) is 93.1 Å². The largest absolute Gasteiger partial charge is 0.505 e. The van der Waals surface area contributed by atoms with Crippen LogP contribution in [0.2, 0.25) is 0 Å². The summed E-state index contributed by atoms with van der Waals surface area (Å²) < 4.78 is 26.3. The standard InChI is InChI=1S/C54H54N2O6.C3H6/c1-35-28-45(53(57)49(30-35)55-34-37(3)42-19-12-14-21-48(42)55)43-32-40(59-5)22-24-51(43)61-26-15-27-62-52-25-23-41(60-6)33-44(52)46-29-36(2)31-50(54(46)58)56-38(4)16-9-7-8-10-17-39-18-11-13-20-47(39)56;1-3-2/h8-14,16,18-25,28-34,38,57-58H,7,15,17,26-27H2,1-6H3;3H,1H2,2H3/b10-8-,16-9-;. The molecular weight excluding hydrogens is 809 g/mol. The van der Waals surface area contributed by atoms with E-state index < -0.39 is 0 Å². The lowest BCUT2D eigenvalue weighted by atomic mass is 9.97. The van der Waals surface area contributed by atoms with Crippen molar-refractivity contribution < 1.29 is 29.2 Å². The molecule has 0 radical (unpaired) electrons. The molecule has 8 rings (SSSR count). The number of hydrogen-bond acceptors (Lipinski definition) is 7. The molecule has 334 valence electrons. The monoisotopic (exact) mass is 868 g/mol. The number of allylic oxidation sites excluding steroid dienone is 4. The summed E-state index contributed by atoms with van der Waals surface area (Å²) in [6.07, 6.45) is 14.8. The Hall–Kier alpha value is -7.32. The van der Waals surface area contributed by atoms with Crippen molar-refractivity contribution in [2.45, 2.75) is 59.9 Å². The average molecular weight is 869 g/mol. The maximum atomic E-state index is 12.3. The second-order valence-corrected chi connectivity index (χ2v) is 16.3. The molecule has 1 atom stereocenters. The lowest BCUT2D eigenvalue weighted by Crippen LogP contribution is -2.28. The Morgan fingerprint density at radius 2 is 1.23 bits per heavy atom. The van der Waals surface area contributed by atoms with Crippen LogP contribution < -0.4 is 23.8 Å². The molecule has 2 N–H and O–H groups in total. The van der Waals surface area contributed by atoms with Crippen molar-refractivity contribution in [2.75, 3.05) is 32.3 Å². The Labute approximate surface area is 383 Å². The Kier molecular flexibility index (Phi) is 14.7. The van der Waals surface area contributed by atoms with Crippen LogP contribution in [0.4, 0.5) is 11.4 Å². The molecule has 1 aromatic heterocycles. The first-order chi connectivity index (χ1) is 31.6. The summed E-state index contributed by atoms with van der Waals surface area (Å²) >= 11 is 0. The Bertz CT molecular complexity index is 2850. The summed E-state index contributed by atoms with van der Waals surface area (Å²) in [5.74, 6) is 2.85. The second-order valence-electron chi connectivity index (χ2n) is 16.3. The number of nitrogens with zero attached hydrogens (tertiary/aromatic N) is 2. The van der Waals surface area contributed by atoms with Crippen molar-refractivity contribution in [3.8, 4) is 62.4 Å². The van der Waals surface area contributed by atoms with Gasteiger partial charge < -0.3 is 38.6 Å². The molecule has 6 aromatic carbocycles. The molecule has 8 heteroatoms. The molecule has 0 spiro atoms. The van der Waals surface area contributed by atoms with E-state index >= 15 is 0 Å². The third-order valence-electron chi connectivity index (χ3n) is 11.5. The van der Waals surface area contributed by atoms with Gasteiger partial charge in [0.1, 0.15) is 34.5 Å². The van der Waals surface area contributed by atoms with Gasteiger partial charge in [0.05, 0.1) is 44.3 Å². The van der Waals surface area contributed by atoms with Crippen molar-refractivity contribution >= 4 is 22.3 Å². The first kappa shape index (κ1) is 45.7. The fourth-order valence-electron chi connectivity index (χ4n) is 8.45. The smallest absolute Gasteiger partial charge is 0.147 e. The van der Waals surface area contributed by atoms with Crippen molar-refractivity contribution in [1.82, 2.24) is 4.57 Å². The van der Waals surface area contributed by atoms with Gasteiger partial charge in [0.25, 0.3) is 0 Å². The molecule has 8 nitrogen and oxygen atoms in total. The highest BCUT2D eigenvalue weighted by atomic mass is 16.5. The quantitative estimate of drug-likeness (QED) is 0.0934. The topological polar surface area (TPSA) is 85.5 Å². The van der Waals surface area contributed by atoms with E-state index in [1.54, 1.807) is 20.3 Å². The molecule has 7 aromatic rings. The summed E-state index contributed by atoms with van der Waals surface area (Å²) in [6.45, 7) is 14.3. The Morgan fingerprint density at radius 3 is 1.86 bits per heavy atom. The van der Waals surface area contributed by atoms with Crippen molar-refractivity contribution in [1.29, 1.82) is 0 Å². The zero-order valence-corrected chi connectivity index (χ0v) is 38.6. The van der Waals surface area contributed by atoms with Crippen molar-refractivity contribution in [3.05, 3.63) is 175 Å². The van der Waals surface area contributed by atoms with Crippen LogP contribution in [0.5, 0.6) is 34.5 Å². The third-order valence-corrected chi connectivity index (χ3v) is 11.5. The molecule has 1 aliphatic heterocycles. The number of para-hydroxylation sites is 2. The number of methoxy groups -OCH3 is 2. The van der Waals surface area contributed by atoms with E-state index in [1.165, 1.54) is 5.56 Å². The average Bonchev–Trinajstić information content (AvgIpc) is 3.65. The zero-order chi connectivity index (χ0) is 46.0. The van der Waals surface area contributed by atoms with E-state index in [9.17, 15) is 10.2 Å². The van der Waals surface area contributed by atoms with Gasteiger partial charge in [-0.15, -0.1) is 6.58 Å². The number of aromatic hydroxyl groups is 2. The SMILES string of the molecule is C=CC.COc1ccc(OCCCOc2ccc(OC)cc2-c2cc(C)cc(-n3cc(C)c4ccccc43)c2O)c(-c2cc(C)cc(N3c4ccccc4C/C=C\C/C=C\C3C)c2O)c1. The summed E-state index contributed by atoms with van der Waals surface area (Å²) in [5, 5.41) is 25.3. The first-order valence-corrected chi connectivity index (χ1v) is 22.2. The summed E-state index contributed by atoms with van der Waals surface area (Å²) in [6, 6.07) is 35.9. The molecule has 0 saturated heterocycles. The van der Waals surface area contributed by atoms with Gasteiger partial charge in [-0.25, -0.2) is 0 Å². The lowest BCUT2D eigenvalue weighted by Gasteiger charge is -2.33. The lowest BCUT2D eigenvalue weighted by molar-refractivity contribution is 0.248. The molecule has 0 bridgehead atoms. The highest BCUT2D eigenvalue weighted by Crippen LogP contribution is 2.47. The molecule has 0 fully saturated rings. The molecular formula is C57H60N2O6. The minimum atomic E-state index is -0.0311. The van der Waals surface area contributed by atoms with Crippen LogP contribution in [0.25, 0.3) is 38.8 Å². The Morgan fingerprint density at radius 1 is 0.662 bits per heavy atom. The van der Waals surface area contributed by atoms with E-state index in [0.29, 0.717) is 59.4 Å². The van der Waals surface area contributed by atoms with Crippen LogP contribution in [0.15, 0.2) is 152 Å². The van der Waals surface area contributed by atoms with Gasteiger partial charge in [0.2, 0.25) is 0 Å². The minimum absolute atomic E-state index is 0.0311. The highest BCUT2D eigenvalue weighted by molar-refractivity contribution is 5.89. The van der Waals surface area contributed by atoms with E-state index in [0.717, 1.165) is 62.9 Å². The van der Waals surface area contributed by atoms with Gasteiger partial charge in [-0.3, -0.25) is 0 Å². The van der Waals surface area contributed by atoms with Crippen LogP contribution in [-0.2, 0) is 6.42 Å². The number of aryl methyl sites for hydroxylation is 3. The first-order valence-electron chi connectivity index (χ1n) is 22.2.